The molecule has 1 amide bonds. The molecule has 0 saturated heterocycles. The van der Waals surface area contributed by atoms with E-state index < -0.39 is 5.82 Å². The van der Waals surface area contributed by atoms with E-state index in [0.29, 0.717) is 11.7 Å². The molecule has 4 nitrogen and oxygen atoms in total. The molecule has 0 bridgehead atoms. The molecule has 0 fully saturated rings. The van der Waals surface area contributed by atoms with E-state index in [9.17, 15) is 9.18 Å². The second kappa shape index (κ2) is 5.40. The molecule has 0 atom stereocenters. The molecule has 1 aromatic carbocycles. The first-order valence-corrected chi connectivity index (χ1v) is 6.17. The summed E-state index contributed by atoms with van der Waals surface area (Å²) in [6, 6.07) is 5.56. The standard InChI is InChI=1S/C13H13ClFN3O/c1-7(2)11-6-12(18-17-11)16-13(19)8-3-4-10(15)9(14)5-8/h3-7H,1-2H3,(H2,16,17,18,19). The lowest BCUT2D eigenvalue weighted by Gasteiger charge is -2.02. The van der Waals surface area contributed by atoms with Gasteiger partial charge in [0.1, 0.15) is 5.82 Å². The topological polar surface area (TPSA) is 57.8 Å². The molecule has 0 aliphatic heterocycles. The van der Waals surface area contributed by atoms with E-state index >= 15 is 0 Å². The zero-order valence-corrected chi connectivity index (χ0v) is 11.3. The van der Waals surface area contributed by atoms with Crippen molar-refractivity contribution in [1.29, 1.82) is 0 Å². The van der Waals surface area contributed by atoms with E-state index in [2.05, 4.69) is 15.5 Å². The fourth-order valence-electron chi connectivity index (χ4n) is 1.52. The number of rotatable bonds is 3. The van der Waals surface area contributed by atoms with Crippen LogP contribution < -0.4 is 5.32 Å². The molecule has 0 aliphatic carbocycles. The molecule has 100 valence electrons. The number of carbonyl (C=O) groups is 1. The number of carbonyl (C=O) groups excluding carboxylic acids is 1. The van der Waals surface area contributed by atoms with Gasteiger partial charge >= 0.3 is 0 Å². The van der Waals surface area contributed by atoms with Crippen LogP contribution in [-0.2, 0) is 0 Å². The molecular weight excluding hydrogens is 269 g/mol. The Labute approximate surface area is 115 Å². The summed E-state index contributed by atoms with van der Waals surface area (Å²) in [7, 11) is 0. The molecule has 2 N–H and O–H groups in total. The van der Waals surface area contributed by atoms with Gasteiger partial charge in [0.25, 0.3) is 5.91 Å². The maximum atomic E-state index is 13.0. The summed E-state index contributed by atoms with van der Waals surface area (Å²) in [6.45, 7) is 4.03. The van der Waals surface area contributed by atoms with Gasteiger partial charge in [-0.2, -0.15) is 5.10 Å². The Hall–Kier alpha value is -1.88. The molecule has 2 aromatic rings. The Kier molecular flexibility index (Phi) is 3.85. The highest BCUT2D eigenvalue weighted by Crippen LogP contribution is 2.18. The highest BCUT2D eigenvalue weighted by molar-refractivity contribution is 6.31. The first-order valence-electron chi connectivity index (χ1n) is 5.79. The highest BCUT2D eigenvalue weighted by atomic mass is 35.5. The molecule has 1 heterocycles. The molecule has 0 unspecified atom stereocenters. The van der Waals surface area contributed by atoms with E-state index in [1.165, 1.54) is 12.1 Å². The highest BCUT2D eigenvalue weighted by Gasteiger charge is 2.11. The fraction of sp³-hybridized carbons (Fsp3) is 0.231. The van der Waals surface area contributed by atoms with Crippen molar-refractivity contribution in [2.24, 2.45) is 0 Å². The number of benzene rings is 1. The van der Waals surface area contributed by atoms with Crippen molar-refractivity contribution < 1.29 is 9.18 Å². The van der Waals surface area contributed by atoms with E-state index in [4.69, 9.17) is 11.6 Å². The van der Waals surface area contributed by atoms with Gasteiger partial charge < -0.3 is 5.32 Å². The van der Waals surface area contributed by atoms with Crippen molar-refractivity contribution in [2.75, 3.05) is 5.32 Å². The van der Waals surface area contributed by atoms with Gasteiger partial charge in [-0.1, -0.05) is 25.4 Å². The van der Waals surface area contributed by atoms with Crippen LogP contribution in [0.4, 0.5) is 10.2 Å². The van der Waals surface area contributed by atoms with Crippen LogP contribution >= 0.6 is 11.6 Å². The fourth-order valence-corrected chi connectivity index (χ4v) is 1.70. The van der Waals surface area contributed by atoms with Crippen LogP contribution in [0.2, 0.25) is 5.02 Å². The summed E-state index contributed by atoms with van der Waals surface area (Å²) in [5.74, 6) is -0.226. The third-order valence-electron chi connectivity index (χ3n) is 2.64. The molecule has 2 rings (SSSR count). The van der Waals surface area contributed by atoms with Crippen LogP contribution in [0.15, 0.2) is 24.3 Å². The van der Waals surface area contributed by atoms with Gasteiger partial charge in [-0.15, -0.1) is 0 Å². The third-order valence-corrected chi connectivity index (χ3v) is 2.93. The average molecular weight is 282 g/mol. The number of aromatic nitrogens is 2. The number of hydrogen-bond donors (Lipinski definition) is 2. The average Bonchev–Trinajstić information content (AvgIpc) is 2.81. The summed E-state index contributed by atoms with van der Waals surface area (Å²) in [4.78, 5) is 11.9. The first kappa shape index (κ1) is 13.5. The Morgan fingerprint density at radius 2 is 2.16 bits per heavy atom. The van der Waals surface area contributed by atoms with Crippen LogP contribution in [0, 0.1) is 5.82 Å². The van der Waals surface area contributed by atoms with Gasteiger partial charge in [-0.05, 0) is 24.1 Å². The third kappa shape index (κ3) is 3.12. The lowest BCUT2D eigenvalue weighted by atomic mass is 10.1. The SMILES string of the molecule is CC(C)c1cc(NC(=O)c2ccc(F)c(Cl)c2)n[nH]1. The molecule has 0 aliphatic rings. The quantitative estimate of drug-likeness (QED) is 0.903. The molecule has 0 saturated carbocycles. The van der Waals surface area contributed by atoms with Crippen molar-refractivity contribution >= 4 is 23.3 Å². The number of halogens is 2. The van der Waals surface area contributed by atoms with Crippen molar-refractivity contribution in [2.45, 2.75) is 19.8 Å². The van der Waals surface area contributed by atoms with Crippen molar-refractivity contribution in [1.82, 2.24) is 10.2 Å². The summed E-state index contributed by atoms with van der Waals surface area (Å²) in [6.07, 6.45) is 0. The predicted molar refractivity (Wildman–Crippen MR) is 72.0 cm³/mol. The van der Waals surface area contributed by atoms with Crippen LogP contribution in [0.25, 0.3) is 0 Å². The summed E-state index contributed by atoms with van der Waals surface area (Å²) in [5.41, 5.74) is 1.20. The van der Waals surface area contributed by atoms with Gasteiger partial charge in [-0.25, -0.2) is 4.39 Å². The Balaban J connectivity index is 2.13. The Morgan fingerprint density at radius 1 is 1.42 bits per heavy atom. The number of H-pyrrole nitrogens is 1. The molecular formula is C13H13ClFN3O. The number of amides is 1. The minimum atomic E-state index is -0.555. The second-order valence-electron chi connectivity index (χ2n) is 4.45. The van der Waals surface area contributed by atoms with Gasteiger partial charge in [0.2, 0.25) is 0 Å². The lowest BCUT2D eigenvalue weighted by Crippen LogP contribution is -2.12. The number of anilines is 1. The smallest absolute Gasteiger partial charge is 0.256 e. The van der Waals surface area contributed by atoms with Crippen LogP contribution in [0.5, 0.6) is 0 Å². The number of hydrogen-bond acceptors (Lipinski definition) is 2. The summed E-state index contributed by atoms with van der Waals surface area (Å²) < 4.78 is 13.0. The molecule has 0 spiro atoms. The largest absolute Gasteiger partial charge is 0.305 e. The van der Waals surface area contributed by atoms with Crippen molar-refractivity contribution in [3.63, 3.8) is 0 Å². The molecule has 19 heavy (non-hydrogen) atoms. The predicted octanol–water partition coefficient (Wildman–Crippen LogP) is 3.58. The van der Waals surface area contributed by atoms with Gasteiger partial charge in [0, 0.05) is 17.3 Å². The van der Waals surface area contributed by atoms with Crippen LogP contribution in [-0.4, -0.2) is 16.1 Å². The zero-order valence-electron chi connectivity index (χ0n) is 10.5. The molecule has 1 aromatic heterocycles. The second-order valence-corrected chi connectivity index (χ2v) is 4.85. The zero-order chi connectivity index (χ0) is 14.0. The Bertz CT molecular complexity index is 610. The van der Waals surface area contributed by atoms with Crippen molar-refractivity contribution in [3.05, 3.63) is 46.4 Å². The maximum absolute atomic E-state index is 13.0. The van der Waals surface area contributed by atoms with E-state index in [1.54, 1.807) is 6.07 Å². The Morgan fingerprint density at radius 3 is 2.74 bits per heavy atom. The lowest BCUT2D eigenvalue weighted by molar-refractivity contribution is 0.102. The monoisotopic (exact) mass is 281 g/mol. The first-order chi connectivity index (χ1) is 8.97. The van der Waals surface area contributed by atoms with Crippen LogP contribution in [0.3, 0.4) is 0 Å². The van der Waals surface area contributed by atoms with E-state index in [-0.39, 0.29) is 16.5 Å². The number of nitrogens with zero attached hydrogens (tertiary/aromatic N) is 1. The minimum Gasteiger partial charge on any atom is -0.305 e. The van der Waals surface area contributed by atoms with Crippen LogP contribution in [0.1, 0.15) is 35.8 Å². The molecule has 6 heteroatoms. The van der Waals surface area contributed by atoms with Gasteiger partial charge in [0.05, 0.1) is 5.02 Å². The molecule has 0 radical (unpaired) electrons. The van der Waals surface area contributed by atoms with Gasteiger partial charge in [0.15, 0.2) is 5.82 Å². The summed E-state index contributed by atoms with van der Waals surface area (Å²) in [5, 5.41) is 9.34. The minimum absolute atomic E-state index is 0.0856. The maximum Gasteiger partial charge on any atom is 0.256 e. The normalized spacial score (nSPS) is 10.8. The van der Waals surface area contributed by atoms with E-state index in [1.807, 2.05) is 13.8 Å². The number of aromatic amines is 1. The number of nitrogens with one attached hydrogen (secondary N) is 2. The van der Waals surface area contributed by atoms with E-state index in [0.717, 1.165) is 11.8 Å². The van der Waals surface area contributed by atoms with Crippen molar-refractivity contribution in [3.8, 4) is 0 Å². The van der Waals surface area contributed by atoms with Gasteiger partial charge in [-0.3, -0.25) is 9.89 Å². The summed E-state index contributed by atoms with van der Waals surface area (Å²) >= 11 is 5.63.